The molecule has 2 rings (SSSR count). The van der Waals surface area contributed by atoms with Crippen LogP contribution in [0.2, 0.25) is 0 Å². The van der Waals surface area contributed by atoms with E-state index < -0.39 is 0 Å². The first-order valence-electron chi connectivity index (χ1n) is 6.79. The molecule has 0 spiro atoms. The van der Waals surface area contributed by atoms with Crippen molar-refractivity contribution in [2.45, 2.75) is 18.9 Å². The molecule has 104 valence electrons. The summed E-state index contributed by atoms with van der Waals surface area (Å²) < 4.78 is 5.02. The molecule has 19 heavy (non-hydrogen) atoms. The van der Waals surface area contributed by atoms with Gasteiger partial charge in [-0.25, -0.2) is 0 Å². The van der Waals surface area contributed by atoms with Crippen LogP contribution in [0.1, 0.15) is 23.6 Å². The molecule has 1 aliphatic rings. The van der Waals surface area contributed by atoms with E-state index in [4.69, 9.17) is 4.74 Å². The van der Waals surface area contributed by atoms with E-state index in [0.717, 1.165) is 31.5 Å². The Morgan fingerprint density at radius 2 is 2.26 bits per heavy atom. The molecule has 0 aromatic heterocycles. The lowest BCUT2D eigenvalue weighted by Crippen LogP contribution is -2.42. The van der Waals surface area contributed by atoms with Gasteiger partial charge in [0.1, 0.15) is 6.04 Å². The first-order valence-corrected chi connectivity index (χ1v) is 6.79. The van der Waals surface area contributed by atoms with Gasteiger partial charge in [-0.05, 0) is 24.0 Å². The molecule has 0 radical (unpaired) electrons. The van der Waals surface area contributed by atoms with Crippen LogP contribution in [0.4, 0.5) is 0 Å². The van der Waals surface area contributed by atoms with Crippen LogP contribution in [-0.4, -0.2) is 44.7 Å². The second-order valence-corrected chi connectivity index (χ2v) is 4.94. The summed E-state index contributed by atoms with van der Waals surface area (Å²) in [5.41, 5.74) is 2.40. The van der Waals surface area contributed by atoms with Gasteiger partial charge in [-0.2, -0.15) is 0 Å². The van der Waals surface area contributed by atoms with Gasteiger partial charge >= 0.3 is 0 Å². The zero-order valence-corrected chi connectivity index (χ0v) is 11.7. The van der Waals surface area contributed by atoms with Crippen molar-refractivity contribution in [3.8, 4) is 0 Å². The topological polar surface area (TPSA) is 41.6 Å². The van der Waals surface area contributed by atoms with Gasteiger partial charge in [0.25, 0.3) is 0 Å². The number of fused-ring (bicyclic) bond motifs is 1. The molecule has 1 N–H and O–H groups in total. The normalized spacial score (nSPS) is 17.9. The number of hydrogen-bond acceptors (Lipinski definition) is 3. The summed E-state index contributed by atoms with van der Waals surface area (Å²) in [5.74, 6) is 0.142. The summed E-state index contributed by atoms with van der Waals surface area (Å²) in [5, 5.41) is 3.32. The van der Waals surface area contributed by atoms with E-state index in [9.17, 15) is 4.79 Å². The number of nitrogens with zero attached hydrogens (tertiary/aromatic N) is 1. The quantitative estimate of drug-likeness (QED) is 0.815. The Morgan fingerprint density at radius 3 is 3.05 bits per heavy atom. The molecular formula is C15H22N2O2. The first-order chi connectivity index (χ1) is 9.24. The Kier molecular flexibility index (Phi) is 4.93. The number of nitrogens with one attached hydrogen (secondary N) is 1. The molecule has 1 atom stereocenters. The Bertz CT molecular complexity index is 434. The number of carbonyl (C=O) groups is 1. The van der Waals surface area contributed by atoms with Crippen molar-refractivity contribution in [3.63, 3.8) is 0 Å². The van der Waals surface area contributed by atoms with Crippen molar-refractivity contribution in [1.29, 1.82) is 0 Å². The maximum absolute atomic E-state index is 12.5. The van der Waals surface area contributed by atoms with Crippen LogP contribution < -0.4 is 5.32 Å². The number of ether oxygens (including phenoxy) is 1. The van der Waals surface area contributed by atoms with Crippen LogP contribution in [-0.2, 0) is 16.0 Å². The van der Waals surface area contributed by atoms with Gasteiger partial charge in [-0.1, -0.05) is 24.3 Å². The van der Waals surface area contributed by atoms with Gasteiger partial charge in [0, 0.05) is 33.9 Å². The Labute approximate surface area is 114 Å². The van der Waals surface area contributed by atoms with E-state index in [2.05, 4.69) is 11.4 Å². The molecule has 4 heteroatoms. The third-order valence-electron chi connectivity index (χ3n) is 3.57. The fourth-order valence-electron chi connectivity index (χ4n) is 2.50. The maximum atomic E-state index is 12.5. The molecule has 0 saturated heterocycles. The van der Waals surface area contributed by atoms with E-state index in [1.165, 1.54) is 5.56 Å². The van der Waals surface area contributed by atoms with E-state index in [-0.39, 0.29) is 11.9 Å². The summed E-state index contributed by atoms with van der Waals surface area (Å²) in [6.07, 6.45) is 1.86. The zero-order chi connectivity index (χ0) is 13.7. The van der Waals surface area contributed by atoms with E-state index >= 15 is 0 Å². The van der Waals surface area contributed by atoms with Crippen molar-refractivity contribution in [1.82, 2.24) is 10.2 Å². The summed E-state index contributed by atoms with van der Waals surface area (Å²) in [6.45, 7) is 2.28. The number of amides is 1. The van der Waals surface area contributed by atoms with Crippen molar-refractivity contribution >= 4 is 5.91 Å². The number of hydrogen-bond donors (Lipinski definition) is 1. The molecular weight excluding hydrogens is 240 g/mol. The fourth-order valence-corrected chi connectivity index (χ4v) is 2.50. The molecule has 0 aliphatic carbocycles. The molecule has 1 amide bonds. The molecule has 1 aromatic rings. The van der Waals surface area contributed by atoms with Crippen LogP contribution in [0, 0.1) is 0 Å². The molecule has 0 bridgehead atoms. The van der Waals surface area contributed by atoms with Crippen molar-refractivity contribution in [2.24, 2.45) is 0 Å². The minimum absolute atomic E-state index is 0.142. The summed E-state index contributed by atoms with van der Waals surface area (Å²) in [7, 11) is 3.54. The van der Waals surface area contributed by atoms with Crippen molar-refractivity contribution in [2.75, 3.05) is 33.9 Å². The second kappa shape index (κ2) is 6.68. The van der Waals surface area contributed by atoms with Gasteiger partial charge in [0.05, 0.1) is 0 Å². The highest BCUT2D eigenvalue weighted by molar-refractivity contribution is 5.83. The smallest absolute Gasteiger partial charge is 0.244 e. The van der Waals surface area contributed by atoms with Crippen LogP contribution >= 0.6 is 0 Å². The number of carbonyl (C=O) groups excluding carboxylic acids is 1. The highest BCUT2D eigenvalue weighted by Crippen LogP contribution is 2.24. The highest BCUT2D eigenvalue weighted by Gasteiger charge is 2.27. The molecule has 4 nitrogen and oxygen atoms in total. The molecule has 1 aromatic carbocycles. The van der Waals surface area contributed by atoms with Crippen LogP contribution in [0.3, 0.4) is 0 Å². The average molecular weight is 262 g/mol. The Hall–Kier alpha value is -1.39. The van der Waals surface area contributed by atoms with Gasteiger partial charge < -0.3 is 15.0 Å². The van der Waals surface area contributed by atoms with Gasteiger partial charge in [-0.15, -0.1) is 0 Å². The Morgan fingerprint density at radius 1 is 1.47 bits per heavy atom. The highest BCUT2D eigenvalue weighted by atomic mass is 16.5. The van der Waals surface area contributed by atoms with E-state index in [1.807, 2.05) is 25.2 Å². The lowest BCUT2D eigenvalue weighted by molar-refractivity contribution is -0.132. The zero-order valence-electron chi connectivity index (χ0n) is 11.7. The largest absolute Gasteiger partial charge is 0.385 e. The fraction of sp³-hybridized carbons (Fsp3) is 0.533. The van der Waals surface area contributed by atoms with Crippen molar-refractivity contribution in [3.05, 3.63) is 35.4 Å². The number of methoxy groups -OCH3 is 1. The summed E-state index contributed by atoms with van der Waals surface area (Å²) >= 11 is 0. The molecule has 1 heterocycles. The van der Waals surface area contributed by atoms with Gasteiger partial charge in [-0.3, -0.25) is 4.79 Å². The van der Waals surface area contributed by atoms with Gasteiger partial charge in [0.15, 0.2) is 0 Å². The first kappa shape index (κ1) is 14.0. The third-order valence-corrected chi connectivity index (χ3v) is 3.57. The molecule has 1 unspecified atom stereocenters. The predicted molar refractivity (Wildman–Crippen MR) is 75.0 cm³/mol. The van der Waals surface area contributed by atoms with Crippen LogP contribution in [0.25, 0.3) is 0 Å². The lowest BCUT2D eigenvalue weighted by Gasteiger charge is -2.29. The van der Waals surface area contributed by atoms with Gasteiger partial charge in [0.2, 0.25) is 5.91 Å². The number of benzene rings is 1. The average Bonchev–Trinajstić information content (AvgIpc) is 2.46. The summed E-state index contributed by atoms with van der Waals surface area (Å²) in [4.78, 5) is 14.3. The SMILES string of the molecule is COCCCN(C)C(=O)C1NCCc2ccccc21. The molecule has 1 aliphatic heterocycles. The standard InChI is InChI=1S/C15H22N2O2/c1-17(10-5-11-19-2)15(18)14-13-7-4-3-6-12(13)8-9-16-14/h3-4,6-7,14,16H,5,8-11H2,1-2H3. The Balaban J connectivity index is 2.04. The maximum Gasteiger partial charge on any atom is 0.244 e. The van der Waals surface area contributed by atoms with Crippen LogP contribution in [0.5, 0.6) is 0 Å². The monoisotopic (exact) mass is 262 g/mol. The molecule has 0 fully saturated rings. The molecule has 0 saturated carbocycles. The second-order valence-electron chi connectivity index (χ2n) is 4.94. The minimum Gasteiger partial charge on any atom is -0.385 e. The summed E-state index contributed by atoms with van der Waals surface area (Å²) in [6, 6.07) is 8.00. The van der Waals surface area contributed by atoms with E-state index in [0.29, 0.717) is 6.61 Å². The van der Waals surface area contributed by atoms with Crippen molar-refractivity contribution < 1.29 is 9.53 Å². The van der Waals surface area contributed by atoms with E-state index in [1.54, 1.807) is 12.0 Å². The predicted octanol–water partition coefficient (Wildman–Crippen LogP) is 1.37. The van der Waals surface area contributed by atoms with Crippen LogP contribution in [0.15, 0.2) is 24.3 Å². The minimum atomic E-state index is -0.197. The number of rotatable bonds is 5. The lowest BCUT2D eigenvalue weighted by atomic mass is 9.93. The third kappa shape index (κ3) is 3.33. The number of likely N-dealkylation sites (N-methyl/N-ethyl adjacent to an activating group) is 1.